The number of hydrogen-bond donors (Lipinski definition) is 2. The second-order valence-corrected chi connectivity index (χ2v) is 4.46. The third kappa shape index (κ3) is 3.38. The van der Waals surface area contributed by atoms with Gasteiger partial charge in [-0.3, -0.25) is 4.79 Å². The highest BCUT2D eigenvalue weighted by atomic mass is 35.5. The predicted octanol–water partition coefficient (Wildman–Crippen LogP) is 0.157. The molecular formula is C11H15ClN4O2. The van der Waals surface area contributed by atoms with Crippen LogP contribution >= 0.6 is 11.6 Å². The molecule has 0 bridgehead atoms. The summed E-state index contributed by atoms with van der Waals surface area (Å²) in [7, 11) is 0. The van der Waals surface area contributed by atoms with E-state index in [1.165, 1.54) is 6.20 Å². The molecule has 7 heteroatoms. The fraction of sp³-hybridized carbons (Fsp3) is 0.545. The lowest BCUT2D eigenvalue weighted by molar-refractivity contribution is 0.0733. The third-order valence-electron chi connectivity index (χ3n) is 2.59. The Hall–Kier alpha value is -1.24. The van der Waals surface area contributed by atoms with Crippen molar-refractivity contribution < 1.29 is 9.53 Å². The predicted molar refractivity (Wildman–Crippen MR) is 66.7 cm³/mol. The first-order valence-corrected chi connectivity index (χ1v) is 6.13. The smallest absolute Gasteiger partial charge is 0.271 e. The second kappa shape index (κ2) is 6.08. The average Bonchev–Trinajstić information content (AvgIpc) is 2.40. The molecule has 0 spiro atoms. The van der Waals surface area contributed by atoms with E-state index >= 15 is 0 Å². The van der Waals surface area contributed by atoms with E-state index in [1.807, 2.05) is 0 Å². The van der Waals surface area contributed by atoms with Gasteiger partial charge in [0.05, 0.1) is 24.4 Å². The summed E-state index contributed by atoms with van der Waals surface area (Å²) in [5.41, 5.74) is 0.209. The van der Waals surface area contributed by atoms with Gasteiger partial charge in [0.2, 0.25) is 0 Å². The molecule has 0 aliphatic carbocycles. The van der Waals surface area contributed by atoms with Crippen molar-refractivity contribution in [3.8, 4) is 0 Å². The van der Waals surface area contributed by atoms with Gasteiger partial charge in [0.1, 0.15) is 11.5 Å². The standard InChI is InChI=1S/C11H15ClN4O2/c1-7-14-5-9(12)10(16-7)11(17)15-4-8-6-18-3-2-13-8/h5,8,13H,2-4,6H2,1H3,(H,15,17). The Kier molecular flexibility index (Phi) is 4.46. The fourth-order valence-corrected chi connectivity index (χ4v) is 1.84. The van der Waals surface area contributed by atoms with Gasteiger partial charge in [-0.1, -0.05) is 11.6 Å². The van der Waals surface area contributed by atoms with Crippen LogP contribution in [-0.2, 0) is 4.74 Å². The van der Waals surface area contributed by atoms with Crippen molar-refractivity contribution in [3.05, 3.63) is 22.7 Å². The van der Waals surface area contributed by atoms with Crippen LogP contribution in [0.5, 0.6) is 0 Å². The minimum Gasteiger partial charge on any atom is -0.378 e. The summed E-state index contributed by atoms with van der Waals surface area (Å²) < 4.78 is 5.30. The molecular weight excluding hydrogens is 256 g/mol. The van der Waals surface area contributed by atoms with E-state index in [0.29, 0.717) is 25.6 Å². The van der Waals surface area contributed by atoms with E-state index in [4.69, 9.17) is 16.3 Å². The summed E-state index contributed by atoms with van der Waals surface area (Å²) in [4.78, 5) is 19.9. The lowest BCUT2D eigenvalue weighted by atomic mass is 10.2. The van der Waals surface area contributed by atoms with Crippen molar-refractivity contribution in [3.63, 3.8) is 0 Å². The number of carbonyl (C=O) groups excluding carboxylic acids is 1. The highest BCUT2D eigenvalue weighted by Crippen LogP contribution is 2.11. The molecule has 2 N–H and O–H groups in total. The quantitative estimate of drug-likeness (QED) is 0.818. The van der Waals surface area contributed by atoms with E-state index in [1.54, 1.807) is 6.92 Å². The summed E-state index contributed by atoms with van der Waals surface area (Å²) in [6, 6.07) is 0.129. The van der Waals surface area contributed by atoms with Crippen LogP contribution in [0, 0.1) is 6.92 Å². The summed E-state index contributed by atoms with van der Waals surface area (Å²) in [5, 5.41) is 6.28. The van der Waals surface area contributed by atoms with Crippen LogP contribution in [0.25, 0.3) is 0 Å². The summed E-state index contributed by atoms with van der Waals surface area (Å²) in [6.45, 7) is 4.30. The molecule has 1 aromatic rings. The number of aryl methyl sites for hydroxylation is 1. The number of nitrogens with one attached hydrogen (secondary N) is 2. The number of morpholine rings is 1. The molecule has 2 heterocycles. The highest BCUT2D eigenvalue weighted by molar-refractivity contribution is 6.33. The molecule has 2 rings (SSSR count). The highest BCUT2D eigenvalue weighted by Gasteiger charge is 2.17. The minimum absolute atomic E-state index is 0.129. The van der Waals surface area contributed by atoms with E-state index in [9.17, 15) is 4.79 Å². The normalized spacial score (nSPS) is 19.6. The second-order valence-electron chi connectivity index (χ2n) is 4.05. The number of halogens is 1. The first kappa shape index (κ1) is 13.2. The van der Waals surface area contributed by atoms with Gasteiger partial charge >= 0.3 is 0 Å². The number of aromatic nitrogens is 2. The zero-order valence-corrected chi connectivity index (χ0v) is 10.8. The number of nitrogens with zero attached hydrogens (tertiary/aromatic N) is 2. The molecule has 0 aromatic carbocycles. The molecule has 6 nitrogen and oxygen atoms in total. The molecule has 98 valence electrons. The Morgan fingerprint density at radius 2 is 2.56 bits per heavy atom. The molecule has 1 aliphatic rings. The van der Waals surface area contributed by atoms with Crippen LogP contribution in [0.4, 0.5) is 0 Å². The minimum atomic E-state index is -0.294. The molecule has 0 saturated carbocycles. The van der Waals surface area contributed by atoms with E-state index in [2.05, 4.69) is 20.6 Å². The maximum atomic E-state index is 11.9. The zero-order valence-electron chi connectivity index (χ0n) is 10.1. The molecule has 1 aromatic heterocycles. The number of ether oxygens (including phenoxy) is 1. The van der Waals surface area contributed by atoms with Crippen molar-refractivity contribution >= 4 is 17.5 Å². The number of carbonyl (C=O) groups is 1. The summed E-state index contributed by atoms with van der Waals surface area (Å²) in [5.74, 6) is 0.224. The van der Waals surface area contributed by atoms with Gasteiger partial charge in [-0.15, -0.1) is 0 Å². The lowest BCUT2D eigenvalue weighted by Gasteiger charge is -2.23. The number of hydrogen-bond acceptors (Lipinski definition) is 5. The fourth-order valence-electron chi connectivity index (χ4n) is 1.66. The monoisotopic (exact) mass is 270 g/mol. The maximum absolute atomic E-state index is 11.9. The number of amides is 1. The molecule has 1 amide bonds. The lowest BCUT2D eigenvalue weighted by Crippen LogP contribution is -2.48. The largest absolute Gasteiger partial charge is 0.378 e. The van der Waals surface area contributed by atoms with Gasteiger partial charge in [-0.05, 0) is 6.92 Å². The molecule has 1 aliphatic heterocycles. The first-order chi connectivity index (χ1) is 8.66. The first-order valence-electron chi connectivity index (χ1n) is 5.75. The van der Waals surface area contributed by atoms with Crippen LogP contribution in [-0.4, -0.2) is 48.2 Å². The Morgan fingerprint density at radius 1 is 1.72 bits per heavy atom. The van der Waals surface area contributed by atoms with Crippen molar-refractivity contribution in [2.75, 3.05) is 26.3 Å². The Bertz CT molecular complexity index is 435. The third-order valence-corrected chi connectivity index (χ3v) is 2.86. The van der Waals surface area contributed by atoms with Crippen LogP contribution in [0.3, 0.4) is 0 Å². The topological polar surface area (TPSA) is 76.1 Å². The van der Waals surface area contributed by atoms with Gasteiger partial charge in [0, 0.05) is 19.1 Å². The molecule has 0 radical (unpaired) electrons. The van der Waals surface area contributed by atoms with Gasteiger partial charge in [-0.2, -0.15) is 0 Å². The average molecular weight is 271 g/mol. The van der Waals surface area contributed by atoms with Crippen LogP contribution in [0.1, 0.15) is 16.3 Å². The Balaban J connectivity index is 1.92. The van der Waals surface area contributed by atoms with E-state index in [-0.39, 0.29) is 22.7 Å². The zero-order chi connectivity index (χ0) is 13.0. The van der Waals surface area contributed by atoms with Crippen molar-refractivity contribution in [1.29, 1.82) is 0 Å². The SMILES string of the molecule is Cc1ncc(Cl)c(C(=O)NCC2COCCN2)n1. The van der Waals surface area contributed by atoms with Crippen molar-refractivity contribution in [2.45, 2.75) is 13.0 Å². The Morgan fingerprint density at radius 3 is 3.28 bits per heavy atom. The summed E-state index contributed by atoms with van der Waals surface area (Å²) in [6.07, 6.45) is 1.43. The molecule has 1 saturated heterocycles. The van der Waals surface area contributed by atoms with E-state index in [0.717, 1.165) is 6.54 Å². The number of rotatable bonds is 3. The van der Waals surface area contributed by atoms with Crippen LogP contribution < -0.4 is 10.6 Å². The Labute approximate surface area is 110 Å². The van der Waals surface area contributed by atoms with Crippen LogP contribution in [0.2, 0.25) is 5.02 Å². The van der Waals surface area contributed by atoms with Crippen molar-refractivity contribution in [2.24, 2.45) is 0 Å². The van der Waals surface area contributed by atoms with E-state index < -0.39 is 0 Å². The van der Waals surface area contributed by atoms with Gasteiger partial charge < -0.3 is 15.4 Å². The van der Waals surface area contributed by atoms with Gasteiger partial charge in [-0.25, -0.2) is 9.97 Å². The van der Waals surface area contributed by atoms with Gasteiger partial charge in [0.15, 0.2) is 0 Å². The molecule has 1 fully saturated rings. The molecule has 1 unspecified atom stereocenters. The molecule has 18 heavy (non-hydrogen) atoms. The van der Waals surface area contributed by atoms with Crippen molar-refractivity contribution in [1.82, 2.24) is 20.6 Å². The summed E-state index contributed by atoms with van der Waals surface area (Å²) >= 11 is 5.89. The van der Waals surface area contributed by atoms with Gasteiger partial charge in [0.25, 0.3) is 5.91 Å². The molecule has 1 atom stereocenters. The maximum Gasteiger partial charge on any atom is 0.271 e. The van der Waals surface area contributed by atoms with Crippen LogP contribution in [0.15, 0.2) is 6.20 Å².